The standard InChI is InChI=1S/C14H17F3N4O2S/c1-2-11(22)18-4-3-12(23)20-5-7-21(8-6-20)13-19-10(9-24-13)14(15,16)17/h2,9H,1,3-8H2,(H,18,22). The van der Waals surface area contributed by atoms with Crippen LogP contribution in [0.25, 0.3) is 0 Å². The maximum Gasteiger partial charge on any atom is 0.434 e. The minimum absolute atomic E-state index is 0.103. The zero-order valence-corrected chi connectivity index (χ0v) is 13.6. The number of piperazine rings is 1. The van der Waals surface area contributed by atoms with Crippen LogP contribution >= 0.6 is 11.3 Å². The first-order valence-electron chi connectivity index (χ1n) is 7.27. The summed E-state index contributed by atoms with van der Waals surface area (Å²) in [5, 5.41) is 3.83. The molecule has 1 aliphatic rings. The second-order valence-electron chi connectivity index (χ2n) is 5.13. The van der Waals surface area contributed by atoms with Gasteiger partial charge in [0, 0.05) is 44.5 Å². The van der Waals surface area contributed by atoms with Crippen molar-refractivity contribution in [1.29, 1.82) is 0 Å². The molecule has 0 bridgehead atoms. The Morgan fingerprint density at radius 3 is 2.54 bits per heavy atom. The highest BCUT2D eigenvalue weighted by atomic mass is 32.1. The molecule has 0 spiro atoms. The fourth-order valence-corrected chi connectivity index (χ4v) is 3.10. The van der Waals surface area contributed by atoms with Crippen LogP contribution in [-0.4, -0.2) is 54.4 Å². The molecular weight excluding hydrogens is 345 g/mol. The summed E-state index contributed by atoms with van der Waals surface area (Å²) < 4.78 is 37.7. The van der Waals surface area contributed by atoms with Crippen LogP contribution < -0.4 is 10.2 Å². The summed E-state index contributed by atoms with van der Waals surface area (Å²) in [7, 11) is 0. The molecule has 0 aliphatic carbocycles. The molecular formula is C14H17F3N4O2S. The molecule has 0 atom stereocenters. The molecule has 0 radical (unpaired) electrons. The van der Waals surface area contributed by atoms with E-state index in [-0.39, 0.29) is 24.8 Å². The van der Waals surface area contributed by atoms with E-state index in [1.165, 1.54) is 0 Å². The summed E-state index contributed by atoms with van der Waals surface area (Å²) in [4.78, 5) is 30.0. The molecule has 10 heteroatoms. The summed E-state index contributed by atoms with van der Waals surface area (Å²) in [6, 6.07) is 0. The monoisotopic (exact) mass is 362 g/mol. The number of anilines is 1. The normalized spacial score (nSPS) is 15.3. The molecule has 24 heavy (non-hydrogen) atoms. The van der Waals surface area contributed by atoms with E-state index in [2.05, 4.69) is 16.9 Å². The number of halogens is 3. The van der Waals surface area contributed by atoms with E-state index < -0.39 is 11.9 Å². The van der Waals surface area contributed by atoms with Crippen molar-refractivity contribution >= 4 is 28.3 Å². The number of alkyl halides is 3. The highest BCUT2D eigenvalue weighted by molar-refractivity contribution is 7.13. The first-order valence-corrected chi connectivity index (χ1v) is 8.15. The van der Waals surface area contributed by atoms with Gasteiger partial charge in [0.15, 0.2) is 10.8 Å². The molecule has 0 aromatic carbocycles. The Morgan fingerprint density at radius 2 is 2.00 bits per heavy atom. The quantitative estimate of drug-likeness (QED) is 0.807. The van der Waals surface area contributed by atoms with Gasteiger partial charge in [-0.2, -0.15) is 13.2 Å². The third-order valence-electron chi connectivity index (χ3n) is 3.51. The molecule has 0 saturated carbocycles. The average molecular weight is 362 g/mol. The number of rotatable bonds is 5. The SMILES string of the molecule is C=CC(=O)NCCC(=O)N1CCN(c2nc(C(F)(F)F)cs2)CC1. The summed E-state index contributed by atoms with van der Waals surface area (Å²) >= 11 is 0.947. The van der Waals surface area contributed by atoms with E-state index in [9.17, 15) is 22.8 Å². The molecule has 2 rings (SSSR count). The highest BCUT2D eigenvalue weighted by Gasteiger charge is 2.34. The zero-order chi connectivity index (χ0) is 17.7. The third-order valence-corrected chi connectivity index (χ3v) is 4.41. The lowest BCUT2D eigenvalue weighted by molar-refractivity contribution is -0.140. The number of nitrogens with one attached hydrogen (secondary N) is 1. The van der Waals surface area contributed by atoms with Gasteiger partial charge in [0.1, 0.15) is 0 Å². The van der Waals surface area contributed by atoms with Crippen molar-refractivity contribution in [2.24, 2.45) is 0 Å². The minimum Gasteiger partial charge on any atom is -0.352 e. The lowest BCUT2D eigenvalue weighted by Gasteiger charge is -2.34. The molecule has 132 valence electrons. The Hall–Kier alpha value is -2.10. The Bertz CT molecular complexity index is 609. The van der Waals surface area contributed by atoms with E-state index in [0.29, 0.717) is 31.3 Å². The summed E-state index contributed by atoms with van der Waals surface area (Å²) in [6.07, 6.45) is -3.13. The number of aromatic nitrogens is 1. The van der Waals surface area contributed by atoms with Crippen LogP contribution in [0.5, 0.6) is 0 Å². The second kappa shape index (κ2) is 7.65. The van der Waals surface area contributed by atoms with Gasteiger partial charge in [-0.1, -0.05) is 6.58 Å². The number of nitrogens with zero attached hydrogens (tertiary/aromatic N) is 3. The molecule has 2 amide bonds. The van der Waals surface area contributed by atoms with Crippen molar-refractivity contribution in [3.8, 4) is 0 Å². The Morgan fingerprint density at radius 1 is 1.33 bits per heavy atom. The van der Waals surface area contributed by atoms with E-state index in [1.807, 2.05) is 0 Å². The van der Waals surface area contributed by atoms with Gasteiger partial charge in [0.2, 0.25) is 11.8 Å². The topological polar surface area (TPSA) is 65.5 Å². The van der Waals surface area contributed by atoms with E-state index in [4.69, 9.17) is 0 Å². The molecule has 1 aliphatic heterocycles. The van der Waals surface area contributed by atoms with E-state index in [0.717, 1.165) is 22.8 Å². The van der Waals surface area contributed by atoms with Crippen molar-refractivity contribution in [3.05, 3.63) is 23.7 Å². The first-order chi connectivity index (χ1) is 11.3. The number of carbonyl (C=O) groups excluding carboxylic acids is 2. The summed E-state index contributed by atoms with van der Waals surface area (Å²) in [6.45, 7) is 5.22. The Labute approximate surface area is 140 Å². The van der Waals surface area contributed by atoms with Gasteiger partial charge in [0.05, 0.1) is 0 Å². The number of amides is 2. The first kappa shape index (κ1) is 18.2. The molecule has 1 aromatic rings. The molecule has 1 fully saturated rings. The van der Waals surface area contributed by atoms with Gasteiger partial charge < -0.3 is 15.1 Å². The van der Waals surface area contributed by atoms with Crippen molar-refractivity contribution < 1.29 is 22.8 Å². The van der Waals surface area contributed by atoms with Crippen LogP contribution in [0, 0.1) is 0 Å². The summed E-state index contributed by atoms with van der Waals surface area (Å²) in [5.41, 5.74) is -0.890. The molecule has 1 saturated heterocycles. The van der Waals surface area contributed by atoms with Crippen molar-refractivity contribution in [3.63, 3.8) is 0 Å². The maximum atomic E-state index is 12.6. The Kier molecular flexibility index (Phi) is 5.81. The molecule has 2 heterocycles. The lowest BCUT2D eigenvalue weighted by Crippen LogP contribution is -2.49. The van der Waals surface area contributed by atoms with Gasteiger partial charge in [0.25, 0.3) is 0 Å². The van der Waals surface area contributed by atoms with Gasteiger partial charge in [-0.25, -0.2) is 4.98 Å². The number of hydrogen-bond acceptors (Lipinski definition) is 5. The van der Waals surface area contributed by atoms with Crippen molar-refractivity contribution in [1.82, 2.24) is 15.2 Å². The van der Waals surface area contributed by atoms with E-state index in [1.54, 1.807) is 9.80 Å². The van der Waals surface area contributed by atoms with Crippen LogP contribution in [0.4, 0.5) is 18.3 Å². The fraction of sp³-hybridized carbons (Fsp3) is 0.500. The number of thiazole rings is 1. The van der Waals surface area contributed by atoms with Crippen molar-refractivity contribution in [2.75, 3.05) is 37.6 Å². The van der Waals surface area contributed by atoms with Gasteiger partial charge in [-0.3, -0.25) is 9.59 Å². The highest BCUT2D eigenvalue weighted by Crippen LogP contribution is 2.33. The zero-order valence-electron chi connectivity index (χ0n) is 12.8. The smallest absolute Gasteiger partial charge is 0.352 e. The molecule has 0 unspecified atom stereocenters. The van der Waals surface area contributed by atoms with E-state index >= 15 is 0 Å². The Balaban J connectivity index is 1.80. The van der Waals surface area contributed by atoms with Crippen LogP contribution in [0.3, 0.4) is 0 Å². The molecule has 1 aromatic heterocycles. The maximum absolute atomic E-state index is 12.6. The van der Waals surface area contributed by atoms with Gasteiger partial charge in [-0.15, -0.1) is 11.3 Å². The van der Waals surface area contributed by atoms with Gasteiger partial charge in [-0.05, 0) is 6.08 Å². The van der Waals surface area contributed by atoms with Crippen LogP contribution in [0.2, 0.25) is 0 Å². The fourth-order valence-electron chi connectivity index (χ4n) is 2.21. The summed E-state index contributed by atoms with van der Waals surface area (Å²) in [5.74, 6) is -0.439. The predicted octanol–water partition coefficient (Wildman–Crippen LogP) is 1.50. The van der Waals surface area contributed by atoms with Crippen LogP contribution in [0.1, 0.15) is 12.1 Å². The minimum atomic E-state index is -4.44. The number of carbonyl (C=O) groups is 2. The van der Waals surface area contributed by atoms with Crippen molar-refractivity contribution in [2.45, 2.75) is 12.6 Å². The molecule has 1 N–H and O–H groups in total. The average Bonchev–Trinajstić information content (AvgIpc) is 3.05. The van der Waals surface area contributed by atoms with Crippen LogP contribution in [-0.2, 0) is 15.8 Å². The third kappa shape index (κ3) is 4.70. The largest absolute Gasteiger partial charge is 0.434 e. The van der Waals surface area contributed by atoms with Gasteiger partial charge >= 0.3 is 6.18 Å². The lowest BCUT2D eigenvalue weighted by atomic mass is 10.3. The number of hydrogen-bond donors (Lipinski definition) is 1. The predicted molar refractivity (Wildman–Crippen MR) is 83.7 cm³/mol. The molecule has 6 nitrogen and oxygen atoms in total. The second-order valence-corrected chi connectivity index (χ2v) is 5.96. The van der Waals surface area contributed by atoms with Crippen LogP contribution in [0.15, 0.2) is 18.0 Å².